The summed E-state index contributed by atoms with van der Waals surface area (Å²) in [5, 5.41) is 19.9. The van der Waals surface area contributed by atoms with E-state index in [1.807, 2.05) is 74.5 Å². The molecule has 0 amide bonds. The van der Waals surface area contributed by atoms with Crippen molar-refractivity contribution in [3.8, 4) is 0 Å². The van der Waals surface area contributed by atoms with E-state index in [0.717, 1.165) is 11.1 Å². The lowest BCUT2D eigenvalue weighted by Crippen LogP contribution is -3.10. The number of hydrogen-bond donors (Lipinski definition) is 4. The van der Waals surface area contributed by atoms with Crippen LogP contribution in [-0.4, -0.2) is 88.9 Å². The van der Waals surface area contributed by atoms with Gasteiger partial charge in [0.25, 0.3) is 0 Å². The lowest BCUT2D eigenvalue weighted by atomic mass is 10.0. The zero-order valence-corrected chi connectivity index (χ0v) is 23.9. The fourth-order valence-electron chi connectivity index (χ4n) is 2.51. The molecule has 0 radical (unpaired) electrons. The standard InChI is InChI=1S/2C11H17NO.2CH4O3S/c2*1-9(12(2)3)11(13)10-7-5-4-6-8-10;2*1-5(2,3)4/h2*4-9,11,13H,1-3H3;2*1H3,(H,2,3,4)/t2*9-,11-;;/m10../s1. The van der Waals surface area contributed by atoms with Crippen molar-refractivity contribution in [2.45, 2.75) is 38.1 Å². The maximum absolute atomic E-state index is 9.94. The van der Waals surface area contributed by atoms with Crippen LogP contribution in [0.4, 0.5) is 0 Å². The molecule has 36 heavy (non-hydrogen) atoms. The Morgan fingerprint density at radius 2 is 0.806 bits per heavy atom. The number of aliphatic hydroxyl groups excluding tert-OH is 2. The van der Waals surface area contributed by atoms with Crippen LogP contribution in [0.25, 0.3) is 0 Å². The molecular weight excluding hydrogens is 508 g/mol. The number of hydrogen-bond acceptors (Lipinski definition) is 8. The van der Waals surface area contributed by atoms with E-state index in [0.29, 0.717) is 12.5 Å². The van der Waals surface area contributed by atoms with Crippen molar-refractivity contribution in [3.63, 3.8) is 0 Å². The SMILES string of the molecule is CS(=O)(=O)[O-].CS(=O)(=O)[O-].C[C@@H]([C@H](O)c1ccccc1)[NH+](C)C.C[C@H]([C@@H](O)c1ccccc1)[NH+](C)C. The molecule has 0 aliphatic rings. The predicted molar refractivity (Wildman–Crippen MR) is 139 cm³/mol. The van der Waals surface area contributed by atoms with Gasteiger partial charge in [-0.15, -0.1) is 0 Å². The Bertz CT molecular complexity index is 931. The summed E-state index contributed by atoms with van der Waals surface area (Å²) >= 11 is 0. The molecule has 10 nitrogen and oxygen atoms in total. The molecule has 12 heteroatoms. The van der Waals surface area contributed by atoms with Gasteiger partial charge >= 0.3 is 0 Å². The molecule has 0 aromatic heterocycles. The van der Waals surface area contributed by atoms with Crippen LogP contribution >= 0.6 is 0 Å². The number of likely N-dealkylation sites (N-methyl/N-ethyl adjacent to an activating group) is 2. The quantitative estimate of drug-likeness (QED) is 0.327. The summed E-state index contributed by atoms with van der Waals surface area (Å²) in [6.07, 6.45) is 0.470. The van der Waals surface area contributed by atoms with Crippen molar-refractivity contribution in [2.24, 2.45) is 0 Å². The predicted octanol–water partition coefficient (Wildman–Crippen LogP) is -1.17. The molecule has 0 aliphatic heterocycles. The summed E-state index contributed by atoms with van der Waals surface area (Å²) in [6, 6.07) is 20.0. The molecule has 4 N–H and O–H groups in total. The number of nitrogens with one attached hydrogen (secondary N) is 2. The Balaban J connectivity index is 0. The lowest BCUT2D eigenvalue weighted by Gasteiger charge is -2.22. The first kappa shape index (κ1) is 36.3. The number of aliphatic hydroxyl groups is 2. The summed E-state index contributed by atoms with van der Waals surface area (Å²) in [7, 11) is 0.376. The van der Waals surface area contributed by atoms with Crippen LogP contribution < -0.4 is 9.80 Å². The highest BCUT2D eigenvalue weighted by Crippen LogP contribution is 2.14. The summed E-state index contributed by atoms with van der Waals surface area (Å²) in [5.41, 5.74) is 1.99. The van der Waals surface area contributed by atoms with Gasteiger partial charge in [0.15, 0.2) is 0 Å². The molecule has 4 atom stereocenters. The first-order chi connectivity index (χ1) is 16.3. The van der Waals surface area contributed by atoms with Crippen molar-refractivity contribution in [1.29, 1.82) is 0 Å². The summed E-state index contributed by atoms with van der Waals surface area (Å²) in [5.74, 6) is 0. The van der Waals surface area contributed by atoms with Gasteiger partial charge in [-0.3, -0.25) is 0 Å². The first-order valence-corrected chi connectivity index (χ1v) is 14.8. The number of benzene rings is 2. The van der Waals surface area contributed by atoms with Crippen LogP contribution in [0.3, 0.4) is 0 Å². The fourth-order valence-corrected chi connectivity index (χ4v) is 2.51. The highest BCUT2D eigenvalue weighted by Gasteiger charge is 2.21. The molecule has 0 spiro atoms. The van der Waals surface area contributed by atoms with E-state index in [1.54, 1.807) is 0 Å². The Hall–Kier alpha value is -1.90. The normalized spacial score (nSPS) is 14.6. The second-order valence-corrected chi connectivity index (χ2v) is 11.7. The zero-order chi connectivity index (χ0) is 28.7. The van der Waals surface area contributed by atoms with E-state index in [1.165, 1.54) is 9.80 Å². The molecule has 0 bridgehead atoms. The van der Waals surface area contributed by atoms with Crippen molar-refractivity contribution < 1.29 is 46.0 Å². The maximum Gasteiger partial charge on any atom is 0.130 e. The highest BCUT2D eigenvalue weighted by molar-refractivity contribution is 7.85. The van der Waals surface area contributed by atoms with Gasteiger partial charge in [0.05, 0.1) is 48.4 Å². The zero-order valence-electron chi connectivity index (χ0n) is 22.2. The van der Waals surface area contributed by atoms with Crippen molar-refractivity contribution in [3.05, 3.63) is 71.8 Å². The number of quaternary nitrogens is 2. The third-order valence-electron chi connectivity index (χ3n) is 5.05. The van der Waals surface area contributed by atoms with E-state index in [9.17, 15) is 10.2 Å². The van der Waals surface area contributed by atoms with Gasteiger partial charge < -0.3 is 29.1 Å². The van der Waals surface area contributed by atoms with Gasteiger partial charge in [-0.2, -0.15) is 0 Å². The molecule has 0 aliphatic carbocycles. The van der Waals surface area contributed by atoms with Crippen LogP contribution in [0.5, 0.6) is 0 Å². The average molecular weight is 551 g/mol. The Kier molecular flexibility index (Phi) is 17.7. The average Bonchev–Trinajstić information content (AvgIpc) is 2.76. The van der Waals surface area contributed by atoms with Crippen LogP contribution in [-0.2, 0) is 20.2 Å². The highest BCUT2D eigenvalue weighted by atomic mass is 32.2. The molecular formula is C24H42N2O8S2. The molecule has 2 aromatic rings. The van der Waals surface area contributed by atoms with Gasteiger partial charge in [0.2, 0.25) is 0 Å². The second kappa shape index (κ2) is 17.5. The third kappa shape index (κ3) is 21.4. The van der Waals surface area contributed by atoms with Crippen LogP contribution in [0.1, 0.15) is 37.2 Å². The van der Waals surface area contributed by atoms with Crippen molar-refractivity contribution in [1.82, 2.24) is 0 Å². The maximum atomic E-state index is 9.94. The largest absolute Gasteiger partial charge is 0.748 e. The van der Waals surface area contributed by atoms with Gasteiger partial charge in [-0.25, -0.2) is 16.8 Å². The van der Waals surface area contributed by atoms with E-state index in [4.69, 9.17) is 25.9 Å². The van der Waals surface area contributed by atoms with E-state index >= 15 is 0 Å². The van der Waals surface area contributed by atoms with Gasteiger partial charge in [0.1, 0.15) is 24.3 Å². The smallest absolute Gasteiger partial charge is 0.130 e. The minimum atomic E-state index is -3.92. The molecule has 0 heterocycles. The summed E-state index contributed by atoms with van der Waals surface area (Å²) in [6.45, 7) is 4.10. The Morgan fingerprint density at radius 1 is 0.611 bits per heavy atom. The third-order valence-corrected chi connectivity index (χ3v) is 5.05. The minimum absolute atomic E-state index is 0.224. The van der Waals surface area contributed by atoms with Crippen LogP contribution in [0.2, 0.25) is 0 Å². The van der Waals surface area contributed by atoms with Crippen LogP contribution in [0.15, 0.2) is 60.7 Å². The lowest BCUT2D eigenvalue weighted by molar-refractivity contribution is -0.888. The van der Waals surface area contributed by atoms with E-state index in [-0.39, 0.29) is 24.3 Å². The van der Waals surface area contributed by atoms with Crippen LogP contribution in [0, 0.1) is 0 Å². The Labute approximate surface area is 216 Å². The molecule has 0 saturated heterocycles. The Morgan fingerprint density at radius 3 is 0.972 bits per heavy atom. The van der Waals surface area contributed by atoms with Gasteiger partial charge in [0, 0.05) is 12.5 Å². The molecule has 0 unspecified atom stereocenters. The molecule has 2 aromatic carbocycles. The molecule has 2 rings (SSSR count). The van der Waals surface area contributed by atoms with Crippen molar-refractivity contribution >= 4 is 20.2 Å². The topological polar surface area (TPSA) is 164 Å². The minimum Gasteiger partial charge on any atom is -0.748 e. The second-order valence-electron chi connectivity index (χ2n) is 8.85. The molecule has 0 saturated carbocycles. The number of rotatable bonds is 6. The van der Waals surface area contributed by atoms with Crippen molar-refractivity contribution in [2.75, 3.05) is 40.7 Å². The first-order valence-electron chi connectivity index (χ1n) is 11.1. The molecule has 0 fully saturated rings. The van der Waals surface area contributed by atoms with E-state index in [2.05, 4.69) is 28.2 Å². The summed E-state index contributed by atoms with van der Waals surface area (Å²) in [4.78, 5) is 2.52. The summed E-state index contributed by atoms with van der Waals surface area (Å²) < 4.78 is 54.5. The fraction of sp³-hybridized carbons (Fsp3) is 0.500. The van der Waals surface area contributed by atoms with Gasteiger partial charge in [-0.05, 0) is 25.0 Å². The monoisotopic (exact) mass is 550 g/mol. The van der Waals surface area contributed by atoms with E-state index < -0.39 is 20.2 Å². The van der Waals surface area contributed by atoms with Gasteiger partial charge in [-0.1, -0.05) is 60.7 Å². The molecule has 208 valence electrons.